The third-order valence-electron chi connectivity index (χ3n) is 3.67. The van der Waals surface area contributed by atoms with Gasteiger partial charge in [-0.3, -0.25) is 0 Å². The van der Waals surface area contributed by atoms with Crippen LogP contribution in [0.1, 0.15) is 44.7 Å². The zero-order valence-corrected chi connectivity index (χ0v) is 12.0. The van der Waals surface area contributed by atoms with Gasteiger partial charge in [-0.1, -0.05) is 26.0 Å². The number of hydrogen-bond acceptors (Lipinski definition) is 2. The summed E-state index contributed by atoms with van der Waals surface area (Å²) in [6.07, 6.45) is 3.54. The van der Waals surface area contributed by atoms with Crippen molar-refractivity contribution in [1.29, 1.82) is 0 Å². The molecule has 0 bridgehead atoms. The van der Waals surface area contributed by atoms with Crippen LogP contribution in [0.5, 0.6) is 0 Å². The lowest BCUT2D eigenvalue weighted by atomic mass is 10.0. The SMILES string of the molecule is CC(C)CN(CCC(N)c1cccc(F)c1)C1CC1. The molecule has 0 amide bonds. The smallest absolute Gasteiger partial charge is 0.123 e. The largest absolute Gasteiger partial charge is 0.324 e. The maximum absolute atomic E-state index is 13.2. The molecule has 2 rings (SSSR count). The third-order valence-corrected chi connectivity index (χ3v) is 3.67. The van der Waals surface area contributed by atoms with Crippen LogP contribution in [0.3, 0.4) is 0 Å². The van der Waals surface area contributed by atoms with Gasteiger partial charge in [-0.05, 0) is 42.9 Å². The molecule has 0 radical (unpaired) electrons. The molecule has 0 saturated heterocycles. The van der Waals surface area contributed by atoms with Gasteiger partial charge in [-0.15, -0.1) is 0 Å². The predicted molar refractivity (Wildman–Crippen MR) is 77.4 cm³/mol. The highest BCUT2D eigenvalue weighted by Gasteiger charge is 2.29. The van der Waals surface area contributed by atoms with Crippen molar-refractivity contribution in [2.75, 3.05) is 13.1 Å². The second-order valence-corrected chi connectivity index (χ2v) is 6.07. The van der Waals surface area contributed by atoms with Crippen LogP contribution in [0, 0.1) is 11.7 Å². The molecule has 2 N–H and O–H groups in total. The van der Waals surface area contributed by atoms with Crippen LogP contribution in [-0.4, -0.2) is 24.0 Å². The molecule has 1 aromatic carbocycles. The molecular formula is C16H25FN2. The van der Waals surface area contributed by atoms with Crippen molar-refractivity contribution in [2.24, 2.45) is 11.7 Å². The molecular weight excluding hydrogens is 239 g/mol. The fraction of sp³-hybridized carbons (Fsp3) is 0.625. The van der Waals surface area contributed by atoms with Crippen molar-refractivity contribution in [3.05, 3.63) is 35.6 Å². The highest BCUT2D eigenvalue weighted by Crippen LogP contribution is 2.28. The van der Waals surface area contributed by atoms with Gasteiger partial charge < -0.3 is 10.6 Å². The highest BCUT2D eigenvalue weighted by molar-refractivity contribution is 5.19. The molecule has 0 spiro atoms. The van der Waals surface area contributed by atoms with Crippen molar-refractivity contribution in [3.8, 4) is 0 Å². The predicted octanol–water partition coefficient (Wildman–Crippen LogP) is 3.34. The topological polar surface area (TPSA) is 29.3 Å². The summed E-state index contributed by atoms with van der Waals surface area (Å²) in [5, 5.41) is 0. The molecule has 2 nitrogen and oxygen atoms in total. The van der Waals surface area contributed by atoms with Crippen LogP contribution in [-0.2, 0) is 0 Å². The molecule has 1 aromatic rings. The van der Waals surface area contributed by atoms with E-state index in [0.717, 1.165) is 31.1 Å². The first-order chi connectivity index (χ1) is 9.06. The van der Waals surface area contributed by atoms with Crippen LogP contribution < -0.4 is 5.73 Å². The molecule has 3 heteroatoms. The van der Waals surface area contributed by atoms with E-state index in [-0.39, 0.29) is 11.9 Å². The standard InChI is InChI=1S/C16H25FN2/c1-12(2)11-19(15-6-7-15)9-8-16(18)13-4-3-5-14(17)10-13/h3-5,10,12,15-16H,6-9,11,18H2,1-2H3. The van der Waals surface area contributed by atoms with Crippen molar-refractivity contribution in [2.45, 2.75) is 45.2 Å². The van der Waals surface area contributed by atoms with Crippen molar-refractivity contribution < 1.29 is 4.39 Å². The molecule has 1 atom stereocenters. The summed E-state index contributed by atoms with van der Waals surface area (Å²) in [5.41, 5.74) is 7.07. The second kappa shape index (κ2) is 6.49. The van der Waals surface area contributed by atoms with Gasteiger partial charge in [0.05, 0.1) is 0 Å². The lowest BCUT2D eigenvalue weighted by Gasteiger charge is -2.25. The maximum atomic E-state index is 13.2. The Bertz CT molecular complexity index is 401. The zero-order valence-electron chi connectivity index (χ0n) is 12.0. The van der Waals surface area contributed by atoms with Crippen LogP contribution in [0.2, 0.25) is 0 Å². The van der Waals surface area contributed by atoms with Gasteiger partial charge in [0.25, 0.3) is 0 Å². The Balaban J connectivity index is 1.86. The normalized spacial score (nSPS) is 17.2. The first-order valence-electron chi connectivity index (χ1n) is 7.31. The Kier molecular flexibility index (Phi) is 4.94. The van der Waals surface area contributed by atoms with E-state index < -0.39 is 0 Å². The van der Waals surface area contributed by atoms with E-state index in [2.05, 4.69) is 18.7 Å². The molecule has 19 heavy (non-hydrogen) atoms. The summed E-state index contributed by atoms with van der Waals surface area (Å²) in [6.45, 7) is 6.66. The molecule has 1 saturated carbocycles. The Morgan fingerprint density at radius 3 is 2.68 bits per heavy atom. The zero-order chi connectivity index (χ0) is 13.8. The Hall–Kier alpha value is -0.930. The minimum atomic E-state index is -0.200. The van der Waals surface area contributed by atoms with Crippen LogP contribution in [0.4, 0.5) is 4.39 Å². The van der Waals surface area contributed by atoms with Crippen LogP contribution in [0.25, 0.3) is 0 Å². The molecule has 1 fully saturated rings. The van der Waals surface area contributed by atoms with Gasteiger partial charge in [0.15, 0.2) is 0 Å². The summed E-state index contributed by atoms with van der Waals surface area (Å²) in [7, 11) is 0. The van der Waals surface area contributed by atoms with E-state index in [9.17, 15) is 4.39 Å². The number of benzene rings is 1. The number of nitrogens with two attached hydrogens (primary N) is 1. The number of hydrogen-bond donors (Lipinski definition) is 1. The maximum Gasteiger partial charge on any atom is 0.123 e. The van der Waals surface area contributed by atoms with Gasteiger partial charge in [-0.2, -0.15) is 0 Å². The number of rotatable bonds is 7. The van der Waals surface area contributed by atoms with E-state index in [1.807, 2.05) is 6.07 Å². The third kappa shape index (κ3) is 4.59. The molecule has 0 aromatic heterocycles. The van der Waals surface area contributed by atoms with Gasteiger partial charge in [0, 0.05) is 25.2 Å². The van der Waals surface area contributed by atoms with Gasteiger partial charge in [0.1, 0.15) is 5.82 Å². The summed E-state index contributed by atoms with van der Waals surface area (Å²) >= 11 is 0. The summed E-state index contributed by atoms with van der Waals surface area (Å²) < 4.78 is 13.2. The van der Waals surface area contributed by atoms with E-state index in [4.69, 9.17) is 5.73 Å². The lowest BCUT2D eigenvalue weighted by molar-refractivity contribution is 0.226. The van der Waals surface area contributed by atoms with Crippen molar-refractivity contribution in [3.63, 3.8) is 0 Å². The van der Waals surface area contributed by atoms with E-state index >= 15 is 0 Å². The molecule has 0 heterocycles. The van der Waals surface area contributed by atoms with E-state index in [0.29, 0.717) is 5.92 Å². The highest BCUT2D eigenvalue weighted by atomic mass is 19.1. The Morgan fingerprint density at radius 1 is 1.37 bits per heavy atom. The average molecular weight is 264 g/mol. The minimum Gasteiger partial charge on any atom is -0.324 e. The summed E-state index contributed by atoms with van der Waals surface area (Å²) in [6, 6.07) is 7.36. The molecule has 1 unspecified atom stereocenters. The quantitative estimate of drug-likeness (QED) is 0.818. The summed E-state index contributed by atoms with van der Waals surface area (Å²) in [4.78, 5) is 2.55. The van der Waals surface area contributed by atoms with Gasteiger partial charge in [0.2, 0.25) is 0 Å². The lowest BCUT2D eigenvalue weighted by Crippen LogP contribution is -2.32. The monoisotopic (exact) mass is 264 g/mol. The molecule has 1 aliphatic carbocycles. The van der Waals surface area contributed by atoms with Gasteiger partial charge in [-0.25, -0.2) is 4.39 Å². The average Bonchev–Trinajstić information content (AvgIpc) is 3.17. The van der Waals surface area contributed by atoms with E-state index in [1.54, 1.807) is 12.1 Å². The Labute approximate surface area is 115 Å². The van der Waals surface area contributed by atoms with Gasteiger partial charge >= 0.3 is 0 Å². The fourth-order valence-electron chi connectivity index (χ4n) is 2.54. The fourth-order valence-corrected chi connectivity index (χ4v) is 2.54. The minimum absolute atomic E-state index is 0.0656. The van der Waals surface area contributed by atoms with Crippen LogP contribution >= 0.6 is 0 Å². The Morgan fingerprint density at radius 2 is 2.11 bits per heavy atom. The second-order valence-electron chi connectivity index (χ2n) is 6.07. The first-order valence-corrected chi connectivity index (χ1v) is 7.31. The summed E-state index contributed by atoms with van der Waals surface area (Å²) in [5.74, 6) is 0.486. The molecule has 0 aliphatic heterocycles. The van der Waals surface area contributed by atoms with Crippen molar-refractivity contribution >= 4 is 0 Å². The molecule has 106 valence electrons. The first kappa shape index (κ1) is 14.5. The molecule has 1 aliphatic rings. The van der Waals surface area contributed by atoms with E-state index in [1.165, 1.54) is 18.9 Å². The number of nitrogens with zero attached hydrogens (tertiary/aromatic N) is 1. The number of halogens is 1. The van der Waals surface area contributed by atoms with Crippen molar-refractivity contribution in [1.82, 2.24) is 4.90 Å². The van der Waals surface area contributed by atoms with Crippen LogP contribution in [0.15, 0.2) is 24.3 Å².